The fourth-order valence-corrected chi connectivity index (χ4v) is 0. The maximum atomic E-state index is 4.22. The standard InChI is InChI=1S/2Al.3ClS.3ClH/c;;3*1-2;;;/h;;;;;3*1H/q2*+3;3*-1;;;/p-3. The molecule has 0 N–H and O–H groups in total. The molecule has 0 bridgehead atoms. The van der Waals surface area contributed by atoms with Gasteiger partial charge in [-0.05, 0) is 0 Å². The van der Waals surface area contributed by atoms with E-state index in [2.05, 4.69) is 67.6 Å². The van der Waals surface area contributed by atoms with Crippen LogP contribution in [0.5, 0.6) is 0 Å². The molecule has 0 aromatic carbocycles. The quantitative estimate of drug-likeness (QED) is 0.310. The summed E-state index contributed by atoms with van der Waals surface area (Å²) in [6, 6.07) is 0. The van der Waals surface area contributed by atoms with Gasteiger partial charge in [0.2, 0.25) is 0 Å². The SMILES string of the molecule is [Al+3].[Al+3].[Cl-].[Cl-].[Cl-].[S-]Cl.[S-]Cl.[S-]Cl. The zero-order chi connectivity index (χ0) is 6.00. The Kier molecular flexibility index (Phi) is 850. The Morgan fingerprint density at radius 1 is 0.455 bits per heavy atom. The number of hydrogen-bond donors (Lipinski definition) is 0. The molecule has 66 valence electrons. The van der Waals surface area contributed by atoms with Gasteiger partial charge in [-0.3, -0.25) is 0 Å². The molecule has 11 heavy (non-hydrogen) atoms. The van der Waals surface area contributed by atoms with Crippen LogP contribution in [0.4, 0.5) is 0 Å². The molecule has 0 saturated heterocycles. The summed E-state index contributed by atoms with van der Waals surface area (Å²) < 4.78 is 0. The molecule has 0 aliphatic carbocycles. The average molecular weight is 363 g/mol. The summed E-state index contributed by atoms with van der Waals surface area (Å²) in [6.07, 6.45) is 0. The number of rotatable bonds is 0. The van der Waals surface area contributed by atoms with Crippen LogP contribution in [-0.2, 0) is 35.5 Å². The Morgan fingerprint density at radius 3 is 0.455 bits per heavy atom. The fraction of sp³-hybridized carbons (Fsp3) is 0. The molecule has 0 unspecified atom stereocenters. The van der Waals surface area contributed by atoms with Crippen LogP contribution in [0.2, 0.25) is 0 Å². The van der Waals surface area contributed by atoms with E-state index in [0.29, 0.717) is 0 Å². The number of halogens is 6. The molecule has 0 radical (unpaired) electrons. The van der Waals surface area contributed by atoms with Gasteiger partial charge in [-0.15, -0.1) is 0 Å². The van der Waals surface area contributed by atoms with Crippen LogP contribution < -0.4 is 37.2 Å². The van der Waals surface area contributed by atoms with E-state index in [9.17, 15) is 0 Å². The van der Waals surface area contributed by atoms with Gasteiger partial charge in [-0.1, -0.05) is 0 Å². The van der Waals surface area contributed by atoms with E-state index in [1.165, 1.54) is 0 Å². The molecule has 0 aliphatic rings. The van der Waals surface area contributed by atoms with E-state index in [4.69, 9.17) is 0 Å². The first-order chi connectivity index (χ1) is 3.00. The Morgan fingerprint density at radius 2 is 0.455 bits per heavy atom. The summed E-state index contributed by atoms with van der Waals surface area (Å²) in [5.41, 5.74) is 0. The zero-order valence-electron chi connectivity index (χ0n) is 4.65. The average Bonchev–Trinajstić information content (AvgIpc) is 1.81. The molecule has 0 nitrogen and oxygen atoms in total. The van der Waals surface area contributed by atoms with E-state index in [-0.39, 0.29) is 71.9 Å². The van der Waals surface area contributed by atoms with E-state index in [0.717, 1.165) is 0 Å². The molecule has 0 rings (SSSR count). The van der Waals surface area contributed by atoms with Crippen molar-refractivity contribution < 1.29 is 37.2 Å². The van der Waals surface area contributed by atoms with Crippen molar-refractivity contribution >= 4 is 102 Å². The van der Waals surface area contributed by atoms with Crippen LogP contribution in [0.15, 0.2) is 0 Å². The van der Waals surface area contributed by atoms with E-state index in [1.807, 2.05) is 0 Å². The molecule has 0 atom stereocenters. The first kappa shape index (κ1) is 60.7. The normalized spacial score (nSPS) is 1.64. The smallest absolute Gasteiger partial charge is 1.00 e. The minimum absolute atomic E-state index is 0. The van der Waals surface area contributed by atoms with Gasteiger partial charge < -0.3 is 105 Å². The van der Waals surface area contributed by atoms with Gasteiger partial charge in [0.1, 0.15) is 0 Å². The summed E-state index contributed by atoms with van der Waals surface area (Å²) >= 11 is 10.7. The second-order valence-electron chi connectivity index (χ2n) is 0. The number of hydrogen-bond acceptors (Lipinski definition) is 3. The zero-order valence-corrected chi connectivity index (χ0v) is 13.9. The van der Waals surface area contributed by atoms with Crippen LogP contribution in [0.3, 0.4) is 0 Å². The molecule has 0 saturated carbocycles. The maximum absolute atomic E-state index is 4.22. The minimum Gasteiger partial charge on any atom is -1.00 e. The van der Waals surface area contributed by atoms with E-state index >= 15 is 0 Å². The summed E-state index contributed by atoms with van der Waals surface area (Å²) in [7, 11) is 12.7. The third kappa shape index (κ3) is 131. The Labute approximate surface area is 137 Å². The van der Waals surface area contributed by atoms with E-state index < -0.39 is 0 Å². The molecular formula is Al2Cl6S3. The van der Waals surface area contributed by atoms with Gasteiger partial charge in [-0.2, -0.15) is 0 Å². The molecule has 11 heteroatoms. The maximum Gasteiger partial charge on any atom is 3.00 e. The van der Waals surface area contributed by atoms with E-state index in [1.54, 1.807) is 0 Å². The van der Waals surface area contributed by atoms with Crippen LogP contribution in [0.25, 0.3) is 0 Å². The predicted molar refractivity (Wildman–Crippen MR) is 51.2 cm³/mol. The van der Waals surface area contributed by atoms with Gasteiger partial charge >= 0.3 is 34.7 Å². The molecule has 0 amide bonds. The van der Waals surface area contributed by atoms with Gasteiger partial charge in [0.05, 0.1) is 0 Å². The van der Waals surface area contributed by atoms with Crippen molar-refractivity contribution in [1.29, 1.82) is 0 Å². The summed E-state index contributed by atoms with van der Waals surface area (Å²) in [5.74, 6) is 0. The van der Waals surface area contributed by atoms with Crippen molar-refractivity contribution in [1.82, 2.24) is 0 Å². The van der Waals surface area contributed by atoms with Crippen LogP contribution in [0.1, 0.15) is 0 Å². The Hall–Kier alpha value is 3.85. The van der Waals surface area contributed by atoms with Crippen molar-refractivity contribution in [3.63, 3.8) is 0 Å². The van der Waals surface area contributed by atoms with Crippen molar-refractivity contribution in [3.8, 4) is 0 Å². The monoisotopic (exact) mass is 360 g/mol. The van der Waals surface area contributed by atoms with Crippen molar-refractivity contribution in [3.05, 3.63) is 0 Å². The molecule has 0 spiro atoms. The fourth-order valence-electron chi connectivity index (χ4n) is 0. The third-order valence-corrected chi connectivity index (χ3v) is 0. The van der Waals surface area contributed by atoms with Crippen molar-refractivity contribution in [2.45, 2.75) is 0 Å². The first-order valence-electron chi connectivity index (χ1n) is 0.463. The van der Waals surface area contributed by atoms with Gasteiger partial charge in [0, 0.05) is 0 Å². The predicted octanol–water partition coefficient (Wildman–Crippen LogP) is -7.69. The molecule has 0 heterocycles. The summed E-state index contributed by atoms with van der Waals surface area (Å²) in [6.45, 7) is 0. The van der Waals surface area contributed by atoms with Crippen LogP contribution in [-0.4, -0.2) is 34.7 Å². The minimum atomic E-state index is 0. The van der Waals surface area contributed by atoms with Gasteiger partial charge in [0.15, 0.2) is 0 Å². The topological polar surface area (TPSA) is 0 Å². The molecule has 0 aliphatic heterocycles. The molecule has 0 aromatic heterocycles. The van der Waals surface area contributed by atoms with Crippen molar-refractivity contribution in [2.24, 2.45) is 0 Å². The van der Waals surface area contributed by atoms with Gasteiger partial charge in [-0.25, -0.2) is 0 Å². The van der Waals surface area contributed by atoms with Crippen LogP contribution >= 0.6 is 32.0 Å². The molecular weight excluding hydrogens is 363 g/mol. The summed E-state index contributed by atoms with van der Waals surface area (Å²) in [4.78, 5) is 0. The van der Waals surface area contributed by atoms with Crippen molar-refractivity contribution in [2.75, 3.05) is 0 Å². The molecule has 0 aromatic rings. The Balaban J connectivity index is -0.00000000167. The molecule has 0 fully saturated rings. The second-order valence-corrected chi connectivity index (χ2v) is 0. The van der Waals surface area contributed by atoms with Gasteiger partial charge in [0.25, 0.3) is 0 Å². The Bertz CT molecular complexity index is 15.8. The summed E-state index contributed by atoms with van der Waals surface area (Å²) in [5, 5.41) is 0. The first-order valence-corrected chi connectivity index (χ1v) is 4.17. The third-order valence-electron chi connectivity index (χ3n) is 0. The second kappa shape index (κ2) is 154. The largest absolute Gasteiger partial charge is 3.00 e. The van der Waals surface area contributed by atoms with Crippen LogP contribution in [0, 0.1) is 0 Å².